The number of benzene rings is 2. The maximum atomic E-state index is 13.3. The number of carbonyl (C=O) groups is 1. The molecule has 8 heteroatoms. The second-order valence-corrected chi connectivity index (χ2v) is 10.3. The van der Waals surface area contributed by atoms with Gasteiger partial charge in [0.25, 0.3) is 5.91 Å². The van der Waals surface area contributed by atoms with Gasteiger partial charge in [-0.05, 0) is 77.5 Å². The summed E-state index contributed by atoms with van der Waals surface area (Å²) in [5.74, 6) is -0.533. The Labute approximate surface area is 178 Å². The van der Waals surface area contributed by atoms with Crippen molar-refractivity contribution < 1.29 is 17.6 Å². The van der Waals surface area contributed by atoms with Gasteiger partial charge in [0.2, 0.25) is 10.0 Å². The molecule has 1 amide bonds. The number of nitrogens with zero attached hydrogens (tertiary/aromatic N) is 2. The molecule has 2 fully saturated rings. The van der Waals surface area contributed by atoms with Gasteiger partial charge in [0, 0.05) is 24.1 Å². The van der Waals surface area contributed by atoms with Gasteiger partial charge in [-0.25, -0.2) is 12.8 Å². The Morgan fingerprint density at radius 2 is 1.69 bits per heavy atom. The lowest BCUT2D eigenvalue weighted by Crippen LogP contribution is -2.31. The van der Waals surface area contributed by atoms with Crippen molar-refractivity contribution in [2.24, 2.45) is 0 Å². The van der Waals surface area contributed by atoms with Crippen molar-refractivity contribution in [2.45, 2.75) is 36.6 Å². The molecule has 1 atom stereocenters. The molecule has 0 bridgehead atoms. The van der Waals surface area contributed by atoms with Crippen molar-refractivity contribution in [1.82, 2.24) is 9.21 Å². The molecule has 2 saturated heterocycles. The minimum Gasteiger partial charge on any atom is -0.332 e. The zero-order valence-corrected chi connectivity index (χ0v) is 18.3. The van der Waals surface area contributed by atoms with Crippen LogP contribution in [0.3, 0.4) is 0 Å². The van der Waals surface area contributed by atoms with Crippen LogP contribution in [-0.2, 0) is 10.0 Å². The molecule has 29 heavy (non-hydrogen) atoms. The molecule has 5 nitrogen and oxygen atoms in total. The highest BCUT2D eigenvalue weighted by atomic mass is 79.9. The second-order valence-electron chi connectivity index (χ2n) is 7.46. The third-order valence-corrected chi connectivity index (χ3v) is 8.23. The predicted molar refractivity (Wildman–Crippen MR) is 112 cm³/mol. The summed E-state index contributed by atoms with van der Waals surface area (Å²) in [5, 5.41) is 0. The monoisotopic (exact) mass is 480 g/mol. The molecule has 0 N–H and O–H groups in total. The van der Waals surface area contributed by atoms with Crippen LogP contribution in [0, 0.1) is 5.82 Å². The predicted octanol–water partition coefficient (Wildman–Crippen LogP) is 4.35. The summed E-state index contributed by atoms with van der Waals surface area (Å²) in [7, 11) is -3.61. The zero-order chi connectivity index (χ0) is 20.6. The van der Waals surface area contributed by atoms with E-state index in [2.05, 4.69) is 15.9 Å². The average Bonchev–Trinajstić information content (AvgIpc) is 3.41. The van der Waals surface area contributed by atoms with Crippen LogP contribution in [0.25, 0.3) is 0 Å². The normalized spacial score (nSPS) is 20.3. The highest BCUT2D eigenvalue weighted by Crippen LogP contribution is 2.35. The topological polar surface area (TPSA) is 57.7 Å². The highest BCUT2D eigenvalue weighted by Gasteiger charge is 2.33. The fraction of sp³-hybridized carbons (Fsp3) is 0.381. The largest absolute Gasteiger partial charge is 0.332 e. The Kier molecular flexibility index (Phi) is 5.77. The number of halogens is 2. The van der Waals surface area contributed by atoms with E-state index in [9.17, 15) is 17.6 Å². The number of amides is 1. The average molecular weight is 481 g/mol. The molecule has 154 valence electrons. The molecule has 2 heterocycles. The zero-order valence-electron chi connectivity index (χ0n) is 15.9. The molecule has 0 aliphatic carbocycles. The van der Waals surface area contributed by atoms with Crippen LogP contribution in [0.5, 0.6) is 0 Å². The molecule has 2 aliphatic rings. The van der Waals surface area contributed by atoms with Gasteiger partial charge in [-0.15, -0.1) is 0 Å². The molecule has 2 aliphatic heterocycles. The molecule has 4 rings (SSSR count). The lowest BCUT2D eigenvalue weighted by atomic mass is 10.0. The van der Waals surface area contributed by atoms with Gasteiger partial charge in [0.05, 0.1) is 16.5 Å². The maximum Gasteiger partial charge on any atom is 0.255 e. The molecular weight excluding hydrogens is 459 g/mol. The van der Waals surface area contributed by atoms with E-state index >= 15 is 0 Å². The number of likely N-dealkylation sites (tertiary alicyclic amines) is 1. The summed E-state index contributed by atoms with van der Waals surface area (Å²) < 4.78 is 41.1. The summed E-state index contributed by atoms with van der Waals surface area (Å²) in [6.45, 7) is 1.61. The number of hydrogen-bond acceptors (Lipinski definition) is 3. The van der Waals surface area contributed by atoms with Crippen LogP contribution in [0.4, 0.5) is 4.39 Å². The lowest BCUT2D eigenvalue weighted by Gasteiger charge is -2.26. The van der Waals surface area contributed by atoms with Crippen LogP contribution >= 0.6 is 15.9 Å². The number of hydrogen-bond donors (Lipinski definition) is 0. The fourth-order valence-corrected chi connectivity index (χ4v) is 6.06. The molecule has 0 saturated carbocycles. The summed E-state index contributed by atoms with van der Waals surface area (Å²) >= 11 is 3.41. The van der Waals surface area contributed by atoms with E-state index in [4.69, 9.17) is 0 Å². The first-order valence-corrected chi connectivity index (χ1v) is 12.0. The third kappa shape index (κ3) is 3.98. The Morgan fingerprint density at radius 3 is 2.38 bits per heavy atom. The fourth-order valence-electron chi connectivity index (χ4n) is 4.10. The van der Waals surface area contributed by atoms with Gasteiger partial charge in [-0.3, -0.25) is 4.79 Å². The number of rotatable bonds is 4. The molecule has 2 aromatic rings. The molecule has 2 aromatic carbocycles. The van der Waals surface area contributed by atoms with E-state index in [0.29, 0.717) is 29.7 Å². The summed E-state index contributed by atoms with van der Waals surface area (Å²) in [6.07, 6.45) is 3.35. The van der Waals surface area contributed by atoms with E-state index in [1.165, 1.54) is 28.6 Å². The first-order chi connectivity index (χ1) is 13.9. The summed E-state index contributed by atoms with van der Waals surface area (Å²) in [5.41, 5.74) is 1.22. The first kappa shape index (κ1) is 20.5. The number of sulfonamides is 1. The molecule has 1 unspecified atom stereocenters. The smallest absolute Gasteiger partial charge is 0.255 e. The van der Waals surface area contributed by atoms with E-state index in [1.54, 1.807) is 23.1 Å². The van der Waals surface area contributed by atoms with Gasteiger partial charge in [-0.1, -0.05) is 12.1 Å². The van der Waals surface area contributed by atoms with Crippen LogP contribution in [0.15, 0.2) is 51.8 Å². The van der Waals surface area contributed by atoms with Crippen molar-refractivity contribution in [3.05, 3.63) is 63.9 Å². The summed E-state index contributed by atoms with van der Waals surface area (Å²) in [4.78, 5) is 15.2. The molecule has 0 aromatic heterocycles. The van der Waals surface area contributed by atoms with Crippen molar-refractivity contribution in [2.75, 3.05) is 19.6 Å². The molecular formula is C21H22BrFN2O3S. The first-order valence-electron chi connectivity index (χ1n) is 9.74. The van der Waals surface area contributed by atoms with Crippen molar-refractivity contribution in [3.8, 4) is 0 Å². The van der Waals surface area contributed by atoms with Crippen molar-refractivity contribution in [1.29, 1.82) is 0 Å². The van der Waals surface area contributed by atoms with E-state index in [-0.39, 0.29) is 22.7 Å². The Hall–Kier alpha value is -1.77. The molecule has 0 spiro atoms. The lowest BCUT2D eigenvalue weighted by molar-refractivity contribution is 0.0734. The van der Waals surface area contributed by atoms with Gasteiger partial charge in [0.1, 0.15) is 5.82 Å². The highest BCUT2D eigenvalue weighted by molar-refractivity contribution is 9.10. The summed E-state index contributed by atoms with van der Waals surface area (Å²) in [6, 6.07) is 10.7. The van der Waals surface area contributed by atoms with Gasteiger partial charge in [-0.2, -0.15) is 4.31 Å². The van der Waals surface area contributed by atoms with Crippen LogP contribution < -0.4 is 0 Å². The Balaban J connectivity index is 1.65. The van der Waals surface area contributed by atoms with E-state index in [0.717, 1.165) is 31.2 Å². The van der Waals surface area contributed by atoms with Crippen LogP contribution in [0.1, 0.15) is 47.6 Å². The van der Waals surface area contributed by atoms with Crippen molar-refractivity contribution in [3.63, 3.8) is 0 Å². The Morgan fingerprint density at radius 1 is 1.00 bits per heavy atom. The Bertz CT molecular complexity index is 1020. The minimum absolute atomic E-state index is 0.142. The standard InChI is InChI=1S/C21H22BrFN2O3S/c22-19-10-9-17(29(27,28)24-11-1-2-12-24)14-18(19)21(26)25-13-3-4-20(25)15-5-7-16(23)8-6-15/h5-10,14,20H,1-4,11-13H2. The van der Waals surface area contributed by atoms with Gasteiger partial charge >= 0.3 is 0 Å². The van der Waals surface area contributed by atoms with Gasteiger partial charge < -0.3 is 4.90 Å². The van der Waals surface area contributed by atoms with Crippen molar-refractivity contribution >= 4 is 31.9 Å². The third-order valence-electron chi connectivity index (χ3n) is 5.64. The van der Waals surface area contributed by atoms with E-state index < -0.39 is 10.0 Å². The van der Waals surface area contributed by atoms with Crippen LogP contribution in [-0.4, -0.2) is 43.2 Å². The SMILES string of the molecule is O=C(c1cc(S(=O)(=O)N2CCCC2)ccc1Br)N1CCCC1c1ccc(F)cc1. The van der Waals surface area contributed by atoms with Gasteiger partial charge in [0.15, 0.2) is 0 Å². The minimum atomic E-state index is -3.61. The second kappa shape index (κ2) is 8.16. The van der Waals surface area contributed by atoms with E-state index in [1.807, 2.05) is 0 Å². The van der Waals surface area contributed by atoms with Crippen LogP contribution in [0.2, 0.25) is 0 Å². The number of carbonyl (C=O) groups excluding carboxylic acids is 1. The quantitative estimate of drug-likeness (QED) is 0.653. The maximum absolute atomic E-state index is 13.3. The molecule has 0 radical (unpaired) electrons.